The van der Waals surface area contributed by atoms with Crippen molar-refractivity contribution in [3.8, 4) is 0 Å². The van der Waals surface area contributed by atoms with Gasteiger partial charge >= 0.3 is 0 Å². The molecule has 0 radical (unpaired) electrons. The Labute approximate surface area is 73.8 Å². The van der Waals surface area contributed by atoms with Gasteiger partial charge in [0.05, 0.1) is 0 Å². The second-order valence-corrected chi connectivity index (χ2v) is 4.89. The van der Waals surface area contributed by atoms with Crippen molar-refractivity contribution in [1.29, 1.82) is 0 Å². The summed E-state index contributed by atoms with van der Waals surface area (Å²) in [5, 5.41) is 0. The molecule has 0 saturated heterocycles. The lowest BCUT2D eigenvalue weighted by Crippen LogP contribution is -2.56. The van der Waals surface area contributed by atoms with Crippen molar-refractivity contribution < 1.29 is 4.79 Å². The fourth-order valence-electron chi connectivity index (χ4n) is 3.05. The van der Waals surface area contributed by atoms with E-state index in [1.54, 1.807) is 0 Å². The average molecular weight is 164 g/mol. The van der Waals surface area contributed by atoms with Crippen molar-refractivity contribution in [3.05, 3.63) is 12.2 Å². The molecule has 2 bridgehead atoms. The van der Waals surface area contributed by atoms with E-state index in [1.165, 1.54) is 6.42 Å². The summed E-state index contributed by atoms with van der Waals surface area (Å²) in [6, 6.07) is 0. The zero-order chi connectivity index (χ0) is 9.09. The van der Waals surface area contributed by atoms with Crippen LogP contribution in [-0.4, -0.2) is 5.78 Å². The smallest absolute Gasteiger partial charge is 0.161 e. The lowest BCUT2D eigenvalue weighted by atomic mass is 9.44. The maximum absolute atomic E-state index is 11.6. The predicted molar refractivity (Wildman–Crippen MR) is 48.7 cm³/mol. The van der Waals surface area contributed by atoms with Gasteiger partial charge in [-0.2, -0.15) is 0 Å². The van der Waals surface area contributed by atoms with Crippen LogP contribution in [0.4, 0.5) is 0 Å². The Morgan fingerprint density at radius 2 is 2.08 bits per heavy atom. The minimum Gasteiger partial charge on any atom is -0.294 e. The average Bonchev–Trinajstić information content (AvgIpc) is 1.98. The van der Waals surface area contributed by atoms with E-state index in [-0.39, 0.29) is 5.92 Å². The Morgan fingerprint density at radius 1 is 1.50 bits per heavy atom. The third-order valence-corrected chi connectivity index (χ3v) is 4.10. The first-order valence-corrected chi connectivity index (χ1v) is 4.69. The second kappa shape index (κ2) is 2.01. The van der Waals surface area contributed by atoms with Crippen molar-refractivity contribution >= 4 is 5.78 Å². The van der Waals surface area contributed by atoms with E-state index >= 15 is 0 Å². The summed E-state index contributed by atoms with van der Waals surface area (Å²) in [4.78, 5) is 11.6. The third-order valence-electron chi connectivity index (χ3n) is 4.10. The van der Waals surface area contributed by atoms with Gasteiger partial charge in [-0.25, -0.2) is 0 Å². The summed E-state index contributed by atoms with van der Waals surface area (Å²) in [5.74, 6) is 1.62. The quantitative estimate of drug-likeness (QED) is 0.502. The maximum atomic E-state index is 11.6. The van der Waals surface area contributed by atoms with Crippen LogP contribution in [-0.2, 0) is 4.79 Å². The van der Waals surface area contributed by atoms with Gasteiger partial charge in [-0.05, 0) is 29.2 Å². The Kier molecular flexibility index (Phi) is 1.35. The molecule has 1 heteroatoms. The summed E-state index contributed by atoms with van der Waals surface area (Å²) < 4.78 is 0. The maximum Gasteiger partial charge on any atom is 0.161 e. The van der Waals surface area contributed by atoms with E-state index in [0.29, 0.717) is 23.0 Å². The van der Waals surface area contributed by atoms with E-state index in [9.17, 15) is 4.79 Å². The number of allylic oxidation sites excluding steroid dienone is 1. The van der Waals surface area contributed by atoms with E-state index in [0.717, 1.165) is 5.57 Å². The van der Waals surface area contributed by atoms with E-state index in [1.807, 2.05) is 0 Å². The van der Waals surface area contributed by atoms with E-state index in [2.05, 4.69) is 27.4 Å². The minimum atomic E-state index is 0.220. The molecule has 0 amide bonds. The van der Waals surface area contributed by atoms with Gasteiger partial charge in [-0.3, -0.25) is 4.79 Å². The molecular weight excluding hydrogens is 148 g/mol. The van der Waals surface area contributed by atoms with Crippen molar-refractivity contribution in [2.75, 3.05) is 0 Å². The molecule has 66 valence electrons. The Morgan fingerprint density at radius 3 is 2.50 bits per heavy atom. The lowest BCUT2D eigenvalue weighted by molar-refractivity contribution is -0.139. The first-order valence-electron chi connectivity index (χ1n) is 4.69. The van der Waals surface area contributed by atoms with Crippen LogP contribution in [0.2, 0.25) is 0 Å². The van der Waals surface area contributed by atoms with Gasteiger partial charge in [0.25, 0.3) is 0 Å². The summed E-state index contributed by atoms with van der Waals surface area (Å²) in [7, 11) is 0. The number of hydrogen-bond donors (Lipinski definition) is 0. The van der Waals surface area contributed by atoms with Crippen LogP contribution in [0.1, 0.15) is 27.2 Å². The van der Waals surface area contributed by atoms with Crippen LogP contribution >= 0.6 is 0 Å². The van der Waals surface area contributed by atoms with Gasteiger partial charge in [0.15, 0.2) is 5.78 Å². The van der Waals surface area contributed by atoms with Crippen LogP contribution in [0, 0.1) is 23.2 Å². The van der Waals surface area contributed by atoms with E-state index in [4.69, 9.17) is 0 Å². The SMILES string of the molecule is C=C1C(=O)C(C)[C@H]2C[C@@H]1C2(C)C. The second-order valence-electron chi connectivity index (χ2n) is 4.89. The highest BCUT2D eigenvalue weighted by molar-refractivity contribution is 5.99. The highest BCUT2D eigenvalue weighted by atomic mass is 16.1. The molecule has 0 aliphatic heterocycles. The van der Waals surface area contributed by atoms with Crippen LogP contribution in [0.25, 0.3) is 0 Å². The summed E-state index contributed by atoms with van der Waals surface area (Å²) in [5.41, 5.74) is 1.22. The Balaban J connectivity index is 2.36. The third kappa shape index (κ3) is 0.675. The molecule has 3 aliphatic carbocycles. The fourth-order valence-corrected chi connectivity index (χ4v) is 3.05. The molecular formula is C11H16O. The Hall–Kier alpha value is -0.590. The molecule has 0 N–H and O–H groups in total. The van der Waals surface area contributed by atoms with Gasteiger partial charge in [0.1, 0.15) is 0 Å². The van der Waals surface area contributed by atoms with Crippen LogP contribution in [0.15, 0.2) is 12.2 Å². The minimum absolute atomic E-state index is 0.220. The van der Waals surface area contributed by atoms with E-state index < -0.39 is 0 Å². The largest absolute Gasteiger partial charge is 0.294 e. The summed E-state index contributed by atoms with van der Waals surface area (Å²) in [6.45, 7) is 10.5. The fraction of sp³-hybridized carbons (Fsp3) is 0.727. The molecule has 3 atom stereocenters. The van der Waals surface area contributed by atoms with Crippen LogP contribution in [0.5, 0.6) is 0 Å². The zero-order valence-electron chi connectivity index (χ0n) is 8.05. The molecule has 0 aromatic carbocycles. The van der Waals surface area contributed by atoms with Gasteiger partial charge in [0.2, 0.25) is 0 Å². The molecule has 1 nitrogen and oxygen atoms in total. The number of fused-ring (bicyclic) bond motifs is 2. The van der Waals surface area contributed by atoms with Crippen LogP contribution in [0.3, 0.4) is 0 Å². The van der Waals surface area contributed by atoms with Crippen molar-refractivity contribution in [1.82, 2.24) is 0 Å². The van der Waals surface area contributed by atoms with Crippen molar-refractivity contribution in [2.45, 2.75) is 27.2 Å². The predicted octanol–water partition coefficient (Wildman–Crippen LogP) is 2.42. The first-order chi connectivity index (χ1) is 5.46. The lowest BCUT2D eigenvalue weighted by Gasteiger charge is -2.59. The molecule has 3 saturated carbocycles. The number of ketones is 1. The molecule has 1 unspecified atom stereocenters. The highest BCUT2D eigenvalue weighted by Crippen LogP contribution is 2.61. The summed E-state index contributed by atoms with van der Waals surface area (Å²) >= 11 is 0. The van der Waals surface area contributed by atoms with Gasteiger partial charge in [0, 0.05) is 5.92 Å². The molecule has 0 spiro atoms. The first kappa shape index (κ1) is 8.03. The van der Waals surface area contributed by atoms with Gasteiger partial charge in [-0.1, -0.05) is 27.4 Å². The molecule has 3 fully saturated rings. The molecule has 12 heavy (non-hydrogen) atoms. The highest BCUT2D eigenvalue weighted by Gasteiger charge is 2.57. The van der Waals surface area contributed by atoms with Crippen molar-refractivity contribution in [3.63, 3.8) is 0 Å². The standard InChI is InChI=1S/C11H16O/c1-6-8-5-9(11(8,3)4)7(2)10(6)12/h7-9H,1,5H2,2-4H3/t7?,8-,9+/m0/s1. The molecule has 0 aromatic rings. The Bertz CT molecular complexity index is 262. The number of hydrogen-bond acceptors (Lipinski definition) is 1. The van der Waals surface area contributed by atoms with Gasteiger partial charge in [-0.15, -0.1) is 0 Å². The topological polar surface area (TPSA) is 17.1 Å². The zero-order valence-corrected chi connectivity index (χ0v) is 8.05. The normalized spacial score (nSPS) is 44.1. The summed E-state index contributed by atoms with van der Waals surface area (Å²) in [6.07, 6.45) is 1.19. The number of Topliss-reactive ketones (excluding diaryl/α,β-unsaturated/α-hetero) is 1. The van der Waals surface area contributed by atoms with Crippen molar-refractivity contribution in [2.24, 2.45) is 23.2 Å². The van der Waals surface area contributed by atoms with Crippen LogP contribution < -0.4 is 0 Å². The number of carbonyl (C=O) groups is 1. The number of rotatable bonds is 0. The van der Waals surface area contributed by atoms with Gasteiger partial charge < -0.3 is 0 Å². The molecule has 0 heterocycles. The number of carbonyl (C=O) groups excluding carboxylic acids is 1. The molecule has 0 aromatic heterocycles. The monoisotopic (exact) mass is 164 g/mol. The molecule has 3 aliphatic rings. The molecule has 3 rings (SSSR count).